The minimum atomic E-state index is -4.72. The topological polar surface area (TPSA) is 42.0 Å². The fourth-order valence-electron chi connectivity index (χ4n) is 3.53. The molecule has 2 heterocycles. The average Bonchev–Trinajstić information content (AvgIpc) is 2.98. The van der Waals surface area contributed by atoms with Crippen LogP contribution in [0.1, 0.15) is 21.5 Å². The number of alkyl halides is 3. The van der Waals surface area contributed by atoms with Crippen molar-refractivity contribution in [3.8, 4) is 5.75 Å². The van der Waals surface area contributed by atoms with E-state index in [1.807, 2.05) is 18.2 Å². The number of amides is 1. The first-order valence-electron chi connectivity index (χ1n) is 8.99. The molecule has 0 N–H and O–H groups in total. The third kappa shape index (κ3) is 4.06. The predicted octanol–water partition coefficient (Wildman–Crippen LogP) is 3.58. The zero-order chi connectivity index (χ0) is 19.7. The second-order valence-corrected chi connectivity index (χ2v) is 6.79. The van der Waals surface area contributed by atoms with Crippen molar-refractivity contribution in [3.63, 3.8) is 0 Å². The molecule has 0 saturated carbocycles. The van der Waals surface area contributed by atoms with E-state index in [0.29, 0.717) is 31.9 Å². The van der Waals surface area contributed by atoms with Crippen LogP contribution in [0.4, 0.5) is 18.9 Å². The Morgan fingerprint density at radius 1 is 1.04 bits per heavy atom. The van der Waals surface area contributed by atoms with Crippen LogP contribution in [0.3, 0.4) is 0 Å². The van der Waals surface area contributed by atoms with Crippen LogP contribution in [0, 0.1) is 0 Å². The monoisotopic (exact) mass is 392 g/mol. The number of hydrogen-bond donors (Lipinski definition) is 0. The molecule has 28 heavy (non-hydrogen) atoms. The number of anilines is 1. The molecule has 5 nitrogen and oxygen atoms in total. The number of halogens is 3. The van der Waals surface area contributed by atoms with Crippen molar-refractivity contribution < 1.29 is 27.4 Å². The molecule has 0 spiro atoms. The molecule has 1 saturated heterocycles. The van der Waals surface area contributed by atoms with Crippen molar-refractivity contribution in [2.24, 2.45) is 0 Å². The highest BCUT2D eigenvalue weighted by atomic mass is 19.4. The predicted molar refractivity (Wildman–Crippen MR) is 96.2 cm³/mol. The van der Waals surface area contributed by atoms with Crippen LogP contribution in [-0.4, -0.2) is 43.5 Å². The van der Waals surface area contributed by atoms with E-state index < -0.39 is 6.36 Å². The standard InChI is InChI=1S/C20H19F3N2O3/c21-20(22,23)28-17-4-1-14(2-5-17)12-25-13-15-11-16(3-6-18(15)19(25)26)24-7-9-27-10-8-24/h1-6,11H,7-10,12-13H2. The summed E-state index contributed by atoms with van der Waals surface area (Å²) in [7, 11) is 0. The molecule has 4 rings (SSSR count). The van der Waals surface area contributed by atoms with Crippen molar-refractivity contribution in [2.75, 3.05) is 31.2 Å². The second kappa shape index (κ2) is 7.35. The number of ether oxygens (including phenoxy) is 2. The van der Waals surface area contributed by atoms with Gasteiger partial charge >= 0.3 is 6.36 Å². The molecule has 2 aliphatic heterocycles. The van der Waals surface area contributed by atoms with Crippen LogP contribution in [-0.2, 0) is 17.8 Å². The van der Waals surface area contributed by atoms with Crippen LogP contribution >= 0.6 is 0 Å². The number of carbonyl (C=O) groups is 1. The first-order chi connectivity index (χ1) is 13.4. The van der Waals surface area contributed by atoms with Gasteiger partial charge in [0.25, 0.3) is 5.91 Å². The van der Waals surface area contributed by atoms with Gasteiger partial charge in [-0.1, -0.05) is 12.1 Å². The van der Waals surface area contributed by atoms with Gasteiger partial charge in [-0.05, 0) is 41.5 Å². The molecule has 0 radical (unpaired) electrons. The number of morpholine rings is 1. The lowest BCUT2D eigenvalue weighted by molar-refractivity contribution is -0.274. The Morgan fingerprint density at radius 2 is 1.75 bits per heavy atom. The molecule has 8 heteroatoms. The van der Waals surface area contributed by atoms with Crippen LogP contribution in [0.2, 0.25) is 0 Å². The second-order valence-electron chi connectivity index (χ2n) is 6.79. The number of fused-ring (bicyclic) bond motifs is 1. The zero-order valence-electron chi connectivity index (χ0n) is 15.0. The minimum absolute atomic E-state index is 0.0702. The van der Waals surface area contributed by atoms with Crippen molar-refractivity contribution in [2.45, 2.75) is 19.5 Å². The summed E-state index contributed by atoms with van der Waals surface area (Å²) in [6.07, 6.45) is -4.72. The summed E-state index contributed by atoms with van der Waals surface area (Å²) in [5, 5.41) is 0. The molecule has 1 fully saturated rings. The van der Waals surface area contributed by atoms with Crippen LogP contribution < -0.4 is 9.64 Å². The Bertz CT molecular complexity index is 862. The lowest BCUT2D eigenvalue weighted by Gasteiger charge is -2.29. The van der Waals surface area contributed by atoms with E-state index in [1.165, 1.54) is 24.3 Å². The summed E-state index contributed by atoms with van der Waals surface area (Å²) in [5.74, 6) is -0.346. The van der Waals surface area contributed by atoms with E-state index in [2.05, 4.69) is 9.64 Å². The summed E-state index contributed by atoms with van der Waals surface area (Å²) >= 11 is 0. The van der Waals surface area contributed by atoms with Gasteiger partial charge in [0.05, 0.1) is 13.2 Å². The van der Waals surface area contributed by atoms with Crippen molar-refractivity contribution in [1.82, 2.24) is 4.90 Å². The number of carbonyl (C=O) groups excluding carboxylic acids is 1. The highest BCUT2D eigenvalue weighted by Gasteiger charge is 2.31. The van der Waals surface area contributed by atoms with Gasteiger partial charge in [-0.15, -0.1) is 13.2 Å². The Hall–Kier alpha value is -2.74. The molecule has 148 valence electrons. The van der Waals surface area contributed by atoms with E-state index in [4.69, 9.17) is 4.74 Å². The van der Waals surface area contributed by atoms with Crippen molar-refractivity contribution in [3.05, 3.63) is 59.2 Å². The summed E-state index contributed by atoms with van der Waals surface area (Å²) < 4.78 is 46.0. The molecule has 2 aromatic rings. The number of nitrogens with zero attached hydrogens (tertiary/aromatic N) is 2. The van der Waals surface area contributed by atoms with E-state index >= 15 is 0 Å². The first kappa shape index (κ1) is 18.6. The zero-order valence-corrected chi connectivity index (χ0v) is 15.0. The Morgan fingerprint density at radius 3 is 2.43 bits per heavy atom. The lowest BCUT2D eigenvalue weighted by atomic mass is 10.1. The van der Waals surface area contributed by atoms with Gasteiger partial charge in [-0.2, -0.15) is 0 Å². The van der Waals surface area contributed by atoms with E-state index in [0.717, 1.165) is 29.9 Å². The molecule has 0 atom stereocenters. The van der Waals surface area contributed by atoms with E-state index in [-0.39, 0.29) is 11.7 Å². The Kier molecular flexibility index (Phi) is 4.89. The van der Waals surface area contributed by atoms with Gasteiger partial charge in [0.15, 0.2) is 0 Å². The third-order valence-corrected chi connectivity index (χ3v) is 4.87. The molecule has 2 aliphatic rings. The highest BCUT2D eigenvalue weighted by Crippen LogP contribution is 2.29. The third-order valence-electron chi connectivity index (χ3n) is 4.87. The highest BCUT2D eigenvalue weighted by molar-refractivity contribution is 5.98. The summed E-state index contributed by atoms with van der Waals surface area (Å²) in [4.78, 5) is 16.6. The van der Waals surface area contributed by atoms with Crippen LogP contribution in [0.15, 0.2) is 42.5 Å². The van der Waals surface area contributed by atoms with Gasteiger partial charge < -0.3 is 19.3 Å². The molecule has 1 amide bonds. The fourth-order valence-corrected chi connectivity index (χ4v) is 3.53. The maximum absolute atomic E-state index is 12.7. The first-order valence-corrected chi connectivity index (χ1v) is 8.99. The van der Waals surface area contributed by atoms with Gasteiger partial charge in [0.2, 0.25) is 0 Å². The van der Waals surface area contributed by atoms with Gasteiger partial charge in [-0.3, -0.25) is 4.79 Å². The van der Waals surface area contributed by atoms with Gasteiger partial charge in [0, 0.05) is 37.4 Å². The quantitative estimate of drug-likeness (QED) is 0.798. The fraction of sp³-hybridized carbons (Fsp3) is 0.350. The molecule has 2 aromatic carbocycles. The summed E-state index contributed by atoms with van der Waals surface area (Å²) in [6, 6.07) is 11.4. The molecule has 0 bridgehead atoms. The van der Waals surface area contributed by atoms with Crippen LogP contribution in [0.25, 0.3) is 0 Å². The van der Waals surface area contributed by atoms with E-state index in [1.54, 1.807) is 4.90 Å². The SMILES string of the molecule is O=C1c2ccc(N3CCOCC3)cc2CN1Cc1ccc(OC(F)(F)F)cc1. The number of rotatable bonds is 4. The molecular formula is C20H19F3N2O3. The Balaban J connectivity index is 1.44. The summed E-state index contributed by atoms with van der Waals surface area (Å²) in [6.45, 7) is 3.83. The van der Waals surface area contributed by atoms with Gasteiger partial charge in [0.1, 0.15) is 5.75 Å². The summed E-state index contributed by atoms with van der Waals surface area (Å²) in [5.41, 5.74) is 3.45. The normalized spacial score (nSPS) is 17.0. The largest absolute Gasteiger partial charge is 0.573 e. The number of hydrogen-bond acceptors (Lipinski definition) is 4. The Labute approximate surface area is 160 Å². The molecule has 0 aliphatic carbocycles. The van der Waals surface area contributed by atoms with Crippen LogP contribution in [0.5, 0.6) is 5.75 Å². The molecule has 0 aromatic heterocycles. The number of benzene rings is 2. The molecular weight excluding hydrogens is 373 g/mol. The average molecular weight is 392 g/mol. The van der Waals surface area contributed by atoms with E-state index in [9.17, 15) is 18.0 Å². The van der Waals surface area contributed by atoms with Crippen molar-refractivity contribution in [1.29, 1.82) is 0 Å². The smallest absolute Gasteiger partial charge is 0.406 e. The van der Waals surface area contributed by atoms with Crippen molar-refractivity contribution >= 4 is 11.6 Å². The maximum atomic E-state index is 12.7. The minimum Gasteiger partial charge on any atom is -0.406 e. The maximum Gasteiger partial charge on any atom is 0.573 e. The lowest BCUT2D eigenvalue weighted by Crippen LogP contribution is -2.36. The molecule has 0 unspecified atom stereocenters. The van der Waals surface area contributed by atoms with Gasteiger partial charge in [-0.25, -0.2) is 0 Å².